The van der Waals surface area contributed by atoms with Gasteiger partial charge in [0, 0.05) is 12.6 Å². The van der Waals surface area contributed by atoms with Gasteiger partial charge in [0.25, 0.3) is 0 Å². The van der Waals surface area contributed by atoms with E-state index in [9.17, 15) is 5.11 Å². The number of benzene rings is 1. The van der Waals surface area contributed by atoms with Gasteiger partial charge in [-0.15, -0.1) is 0 Å². The molecule has 1 aliphatic carbocycles. The molecule has 2 rings (SSSR count). The number of nitrogens with two attached hydrogens (primary N) is 1. The van der Waals surface area contributed by atoms with Crippen LogP contribution in [0.1, 0.15) is 51.5 Å². The Labute approximate surface area is 122 Å². The van der Waals surface area contributed by atoms with Crippen LogP contribution in [0.5, 0.6) is 5.75 Å². The number of phenolic OH excluding ortho intramolecular Hbond substituents is 1. The van der Waals surface area contributed by atoms with Crippen LogP contribution in [0.15, 0.2) is 18.2 Å². The number of aromatic hydroxyl groups is 1. The van der Waals surface area contributed by atoms with Gasteiger partial charge in [-0.3, -0.25) is 4.90 Å². The van der Waals surface area contributed by atoms with Crippen molar-refractivity contribution in [2.24, 2.45) is 5.92 Å². The smallest absolute Gasteiger partial charge is 0.138 e. The lowest BCUT2D eigenvalue weighted by molar-refractivity contribution is 0.179. The molecular formula is C17H28N2O. The first kappa shape index (κ1) is 15.2. The van der Waals surface area contributed by atoms with Crippen LogP contribution < -0.4 is 5.73 Å². The summed E-state index contributed by atoms with van der Waals surface area (Å²) in [4.78, 5) is 2.61. The third-order valence-corrected chi connectivity index (χ3v) is 4.31. The predicted octanol–water partition coefficient (Wildman–Crippen LogP) is 3.77. The summed E-state index contributed by atoms with van der Waals surface area (Å²) >= 11 is 0. The van der Waals surface area contributed by atoms with Crippen molar-refractivity contribution in [3.8, 4) is 5.75 Å². The molecule has 0 heterocycles. The molecule has 0 bridgehead atoms. The number of hydrogen-bond donors (Lipinski definition) is 2. The minimum absolute atomic E-state index is 0.184. The molecule has 1 saturated carbocycles. The lowest BCUT2D eigenvalue weighted by Crippen LogP contribution is -2.34. The highest BCUT2D eigenvalue weighted by Gasteiger charge is 2.22. The summed E-state index contributed by atoms with van der Waals surface area (Å²) in [6.45, 7) is 6.67. The van der Waals surface area contributed by atoms with Crippen molar-refractivity contribution in [2.45, 2.75) is 58.5 Å². The van der Waals surface area contributed by atoms with E-state index >= 15 is 0 Å². The number of phenols is 1. The van der Waals surface area contributed by atoms with Gasteiger partial charge in [-0.05, 0) is 49.4 Å². The summed E-state index contributed by atoms with van der Waals surface area (Å²) < 4.78 is 0. The summed E-state index contributed by atoms with van der Waals surface area (Å²) in [7, 11) is 0. The molecule has 0 atom stereocenters. The highest BCUT2D eigenvalue weighted by molar-refractivity contribution is 5.53. The van der Waals surface area contributed by atoms with Gasteiger partial charge in [0.15, 0.2) is 0 Å². The monoisotopic (exact) mass is 276 g/mol. The quantitative estimate of drug-likeness (QED) is 0.614. The maximum absolute atomic E-state index is 9.53. The van der Waals surface area contributed by atoms with Crippen molar-refractivity contribution in [2.75, 3.05) is 12.3 Å². The van der Waals surface area contributed by atoms with Crippen LogP contribution in [0.4, 0.5) is 5.69 Å². The molecule has 3 N–H and O–H groups in total. The van der Waals surface area contributed by atoms with Gasteiger partial charge in [0.1, 0.15) is 5.75 Å². The highest BCUT2D eigenvalue weighted by atomic mass is 16.3. The Morgan fingerprint density at radius 3 is 2.60 bits per heavy atom. The van der Waals surface area contributed by atoms with E-state index in [4.69, 9.17) is 5.73 Å². The molecule has 1 aromatic carbocycles. The molecule has 0 unspecified atom stereocenters. The zero-order valence-corrected chi connectivity index (χ0v) is 12.8. The largest absolute Gasteiger partial charge is 0.506 e. The van der Waals surface area contributed by atoms with E-state index < -0.39 is 0 Å². The molecule has 3 heteroatoms. The van der Waals surface area contributed by atoms with Gasteiger partial charge in [-0.2, -0.15) is 0 Å². The fraction of sp³-hybridized carbons (Fsp3) is 0.647. The van der Waals surface area contributed by atoms with Crippen LogP contribution in [-0.2, 0) is 6.54 Å². The van der Waals surface area contributed by atoms with Crippen LogP contribution in [-0.4, -0.2) is 22.6 Å². The maximum atomic E-state index is 9.53. The van der Waals surface area contributed by atoms with Crippen molar-refractivity contribution in [3.05, 3.63) is 23.8 Å². The standard InChI is InChI=1S/C17H28N2O/c1-13(2)9-10-19(15-5-3-4-6-15)12-14-7-8-17(20)16(18)11-14/h7-8,11,13,15,20H,3-6,9-10,12,18H2,1-2H3. The summed E-state index contributed by atoms with van der Waals surface area (Å²) in [6.07, 6.45) is 6.61. The first-order chi connectivity index (χ1) is 9.56. The average molecular weight is 276 g/mol. The van der Waals surface area contributed by atoms with Crippen molar-refractivity contribution < 1.29 is 5.11 Å². The topological polar surface area (TPSA) is 49.5 Å². The molecule has 0 spiro atoms. The van der Waals surface area contributed by atoms with Gasteiger partial charge in [0.2, 0.25) is 0 Å². The van der Waals surface area contributed by atoms with E-state index in [2.05, 4.69) is 18.7 Å². The average Bonchev–Trinajstić information content (AvgIpc) is 2.92. The number of hydrogen-bond acceptors (Lipinski definition) is 3. The normalized spacial score (nSPS) is 16.4. The van der Waals surface area contributed by atoms with Crippen molar-refractivity contribution >= 4 is 5.69 Å². The molecule has 1 fully saturated rings. The van der Waals surface area contributed by atoms with Crippen molar-refractivity contribution in [1.29, 1.82) is 0 Å². The lowest BCUT2D eigenvalue weighted by Gasteiger charge is -2.29. The van der Waals surface area contributed by atoms with Gasteiger partial charge >= 0.3 is 0 Å². The molecule has 112 valence electrons. The molecule has 1 aliphatic rings. The van der Waals surface area contributed by atoms with Gasteiger partial charge in [-0.1, -0.05) is 32.8 Å². The number of nitrogen functional groups attached to an aromatic ring is 1. The van der Waals surface area contributed by atoms with Gasteiger partial charge in [0.05, 0.1) is 5.69 Å². The third-order valence-electron chi connectivity index (χ3n) is 4.31. The minimum Gasteiger partial charge on any atom is -0.506 e. The highest BCUT2D eigenvalue weighted by Crippen LogP contribution is 2.27. The van der Waals surface area contributed by atoms with Crippen LogP contribution in [0.2, 0.25) is 0 Å². The van der Waals surface area contributed by atoms with Crippen LogP contribution in [0.3, 0.4) is 0 Å². The molecule has 0 aromatic heterocycles. The number of nitrogens with zero attached hydrogens (tertiary/aromatic N) is 1. The van der Waals surface area contributed by atoms with Gasteiger partial charge < -0.3 is 10.8 Å². The second-order valence-corrected chi connectivity index (χ2v) is 6.48. The summed E-state index contributed by atoms with van der Waals surface area (Å²) in [5, 5.41) is 9.53. The second kappa shape index (κ2) is 6.98. The molecule has 0 aliphatic heterocycles. The van der Waals surface area contributed by atoms with Crippen LogP contribution in [0, 0.1) is 5.92 Å². The van der Waals surface area contributed by atoms with Crippen LogP contribution in [0.25, 0.3) is 0 Å². The minimum atomic E-state index is 0.184. The molecule has 0 radical (unpaired) electrons. The first-order valence-corrected chi connectivity index (χ1v) is 7.87. The Morgan fingerprint density at radius 1 is 1.30 bits per heavy atom. The summed E-state index contributed by atoms with van der Waals surface area (Å²) in [5.74, 6) is 0.923. The Bertz CT molecular complexity index is 425. The third kappa shape index (κ3) is 4.14. The predicted molar refractivity (Wildman–Crippen MR) is 84.6 cm³/mol. The maximum Gasteiger partial charge on any atom is 0.138 e. The molecule has 20 heavy (non-hydrogen) atoms. The molecule has 3 nitrogen and oxygen atoms in total. The number of rotatable bonds is 6. The first-order valence-electron chi connectivity index (χ1n) is 7.87. The van der Waals surface area contributed by atoms with Crippen molar-refractivity contribution in [1.82, 2.24) is 4.90 Å². The molecular weight excluding hydrogens is 248 g/mol. The number of anilines is 1. The van der Waals surface area contributed by atoms with Crippen LogP contribution >= 0.6 is 0 Å². The fourth-order valence-electron chi connectivity index (χ4n) is 3.02. The molecule has 0 amide bonds. The van der Waals surface area contributed by atoms with E-state index in [0.717, 1.165) is 25.0 Å². The van der Waals surface area contributed by atoms with E-state index in [1.54, 1.807) is 6.07 Å². The Hall–Kier alpha value is -1.22. The SMILES string of the molecule is CC(C)CCN(Cc1ccc(O)c(N)c1)C1CCCC1. The Morgan fingerprint density at radius 2 is 2.00 bits per heavy atom. The second-order valence-electron chi connectivity index (χ2n) is 6.48. The van der Waals surface area contributed by atoms with Gasteiger partial charge in [-0.25, -0.2) is 0 Å². The lowest BCUT2D eigenvalue weighted by atomic mass is 10.1. The Kier molecular flexibility index (Phi) is 5.30. The zero-order chi connectivity index (χ0) is 14.5. The molecule has 1 aromatic rings. The van der Waals surface area contributed by atoms with Crippen molar-refractivity contribution in [3.63, 3.8) is 0 Å². The van der Waals surface area contributed by atoms with E-state index in [0.29, 0.717) is 5.69 Å². The van der Waals surface area contributed by atoms with E-state index in [-0.39, 0.29) is 5.75 Å². The summed E-state index contributed by atoms with van der Waals surface area (Å²) in [5.41, 5.74) is 7.49. The van der Waals surface area contributed by atoms with E-state index in [1.807, 2.05) is 12.1 Å². The zero-order valence-electron chi connectivity index (χ0n) is 12.8. The Balaban J connectivity index is 2.03. The summed E-state index contributed by atoms with van der Waals surface area (Å²) in [6, 6.07) is 6.33. The molecule has 0 saturated heterocycles. The fourth-order valence-corrected chi connectivity index (χ4v) is 3.02. The van der Waals surface area contributed by atoms with E-state index in [1.165, 1.54) is 37.7 Å².